The third-order valence-corrected chi connectivity index (χ3v) is 3.14. The van der Waals surface area contributed by atoms with Crippen LogP contribution in [0.1, 0.15) is 11.3 Å². The highest BCUT2D eigenvalue weighted by Gasteiger charge is 2.19. The maximum atomic E-state index is 4.71. The van der Waals surface area contributed by atoms with Gasteiger partial charge in [-0.2, -0.15) is 5.10 Å². The molecule has 0 bridgehead atoms. The first kappa shape index (κ1) is 10.4. The summed E-state index contributed by atoms with van der Waals surface area (Å²) in [5.74, 6) is 1.10. The van der Waals surface area contributed by atoms with E-state index in [-0.39, 0.29) is 0 Å². The number of para-hydroxylation sites is 1. The van der Waals surface area contributed by atoms with E-state index < -0.39 is 0 Å². The van der Waals surface area contributed by atoms with Crippen LogP contribution in [0, 0.1) is 0 Å². The zero-order valence-electron chi connectivity index (χ0n) is 9.90. The van der Waals surface area contributed by atoms with E-state index in [4.69, 9.17) is 5.10 Å². The maximum Gasteiger partial charge on any atom is 0.134 e. The zero-order chi connectivity index (χ0) is 11.7. The minimum absolute atomic E-state index is 0.901. The molecule has 0 saturated heterocycles. The van der Waals surface area contributed by atoms with Gasteiger partial charge in [-0.1, -0.05) is 18.2 Å². The number of nitrogens with one attached hydrogen (secondary N) is 2. The predicted octanol–water partition coefficient (Wildman–Crippen LogP) is 1.56. The van der Waals surface area contributed by atoms with Crippen molar-refractivity contribution in [1.29, 1.82) is 0 Å². The fourth-order valence-corrected chi connectivity index (χ4v) is 2.32. The van der Waals surface area contributed by atoms with Crippen LogP contribution in [0.2, 0.25) is 0 Å². The first-order valence-corrected chi connectivity index (χ1v) is 5.95. The number of nitrogens with zero attached hydrogens (tertiary/aromatic N) is 2. The molecule has 17 heavy (non-hydrogen) atoms. The van der Waals surface area contributed by atoms with Gasteiger partial charge in [0.15, 0.2) is 0 Å². The summed E-state index contributed by atoms with van der Waals surface area (Å²) in [6.07, 6.45) is 1.00. The summed E-state index contributed by atoms with van der Waals surface area (Å²) in [6.45, 7) is 1.92. The van der Waals surface area contributed by atoms with Crippen LogP contribution in [0.25, 0.3) is 5.69 Å². The van der Waals surface area contributed by atoms with Crippen molar-refractivity contribution in [3.05, 3.63) is 41.6 Å². The van der Waals surface area contributed by atoms with Crippen molar-refractivity contribution >= 4 is 5.82 Å². The van der Waals surface area contributed by atoms with Gasteiger partial charge < -0.3 is 10.6 Å². The summed E-state index contributed by atoms with van der Waals surface area (Å²) in [4.78, 5) is 0. The van der Waals surface area contributed by atoms with E-state index in [0.29, 0.717) is 0 Å². The lowest BCUT2D eigenvalue weighted by molar-refractivity contribution is 0.635. The van der Waals surface area contributed by atoms with Gasteiger partial charge in [0, 0.05) is 32.1 Å². The Kier molecular flexibility index (Phi) is 2.57. The molecule has 0 unspecified atom stereocenters. The molecule has 4 nitrogen and oxygen atoms in total. The van der Waals surface area contributed by atoms with E-state index in [1.807, 2.05) is 29.9 Å². The van der Waals surface area contributed by atoms with Crippen LogP contribution in [-0.2, 0) is 13.0 Å². The molecule has 2 heterocycles. The monoisotopic (exact) mass is 228 g/mol. The van der Waals surface area contributed by atoms with E-state index in [9.17, 15) is 0 Å². The third-order valence-electron chi connectivity index (χ3n) is 3.14. The van der Waals surface area contributed by atoms with Crippen LogP contribution < -0.4 is 10.6 Å². The van der Waals surface area contributed by atoms with Gasteiger partial charge in [-0.25, -0.2) is 4.68 Å². The summed E-state index contributed by atoms with van der Waals surface area (Å²) < 4.78 is 2.00. The standard InChI is InChI=1S/C13H16N4/c1-14-13-11-9-15-8-7-12(11)16-17(13)10-5-3-2-4-6-10/h2-6,14-15H,7-9H2,1H3. The average Bonchev–Trinajstić information content (AvgIpc) is 2.78. The number of benzene rings is 1. The molecule has 0 spiro atoms. The summed E-state index contributed by atoms with van der Waals surface area (Å²) in [7, 11) is 1.95. The van der Waals surface area contributed by atoms with Gasteiger partial charge >= 0.3 is 0 Å². The Morgan fingerprint density at radius 2 is 2.12 bits per heavy atom. The smallest absolute Gasteiger partial charge is 0.134 e. The molecule has 3 rings (SSSR count). The molecule has 88 valence electrons. The highest BCUT2D eigenvalue weighted by atomic mass is 15.3. The van der Waals surface area contributed by atoms with Crippen LogP contribution in [0.3, 0.4) is 0 Å². The number of hydrogen-bond donors (Lipinski definition) is 2. The molecular weight excluding hydrogens is 212 g/mol. The molecule has 1 aromatic heterocycles. The van der Waals surface area contributed by atoms with Crippen LogP contribution in [-0.4, -0.2) is 23.4 Å². The number of hydrogen-bond acceptors (Lipinski definition) is 3. The van der Waals surface area contributed by atoms with Crippen molar-refractivity contribution in [2.75, 3.05) is 18.9 Å². The van der Waals surface area contributed by atoms with Gasteiger partial charge in [0.1, 0.15) is 5.82 Å². The third kappa shape index (κ3) is 1.70. The zero-order valence-corrected chi connectivity index (χ0v) is 9.90. The predicted molar refractivity (Wildman–Crippen MR) is 68.5 cm³/mol. The Bertz CT molecular complexity index is 516. The molecule has 0 saturated carbocycles. The number of rotatable bonds is 2. The highest BCUT2D eigenvalue weighted by molar-refractivity contribution is 5.53. The molecule has 0 amide bonds. The van der Waals surface area contributed by atoms with Crippen molar-refractivity contribution < 1.29 is 0 Å². The van der Waals surface area contributed by atoms with Crippen LogP contribution in [0.5, 0.6) is 0 Å². The van der Waals surface area contributed by atoms with Crippen LogP contribution in [0.4, 0.5) is 5.82 Å². The summed E-state index contributed by atoms with van der Waals surface area (Å²) in [5, 5.41) is 11.4. The Morgan fingerprint density at radius 3 is 2.88 bits per heavy atom. The second kappa shape index (κ2) is 4.22. The Morgan fingerprint density at radius 1 is 1.29 bits per heavy atom. The maximum absolute atomic E-state index is 4.71. The lowest BCUT2D eigenvalue weighted by Crippen LogP contribution is -2.23. The van der Waals surface area contributed by atoms with E-state index in [0.717, 1.165) is 31.0 Å². The minimum Gasteiger partial charge on any atom is -0.373 e. The lowest BCUT2D eigenvalue weighted by atomic mass is 10.1. The molecule has 1 aliphatic heterocycles. The molecule has 2 N–H and O–H groups in total. The van der Waals surface area contributed by atoms with Gasteiger partial charge in [-0.05, 0) is 12.1 Å². The van der Waals surface area contributed by atoms with Crippen molar-refractivity contribution in [3.8, 4) is 5.69 Å². The van der Waals surface area contributed by atoms with E-state index in [2.05, 4.69) is 22.8 Å². The molecule has 1 aliphatic rings. The van der Waals surface area contributed by atoms with Gasteiger partial charge in [0.25, 0.3) is 0 Å². The summed E-state index contributed by atoms with van der Waals surface area (Å²) >= 11 is 0. The summed E-state index contributed by atoms with van der Waals surface area (Å²) in [5.41, 5.74) is 3.60. The fraction of sp³-hybridized carbons (Fsp3) is 0.308. The molecule has 0 atom stereocenters. The lowest BCUT2D eigenvalue weighted by Gasteiger charge is -2.12. The quantitative estimate of drug-likeness (QED) is 0.819. The highest BCUT2D eigenvalue weighted by Crippen LogP contribution is 2.25. The van der Waals surface area contributed by atoms with E-state index in [1.165, 1.54) is 11.3 Å². The fourth-order valence-electron chi connectivity index (χ4n) is 2.32. The van der Waals surface area contributed by atoms with Gasteiger partial charge in [0.05, 0.1) is 11.4 Å². The first-order chi connectivity index (χ1) is 8.40. The van der Waals surface area contributed by atoms with Crippen LogP contribution in [0.15, 0.2) is 30.3 Å². The Hall–Kier alpha value is -1.81. The second-order valence-corrected chi connectivity index (χ2v) is 4.20. The largest absolute Gasteiger partial charge is 0.373 e. The second-order valence-electron chi connectivity index (χ2n) is 4.20. The van der Waals surface area contributed by atoms with Gasteiger partial charge in [0.2, 0.25) is 0 Å². The molecule has 4 heteroatoms. The van der Waals surface area contributed by atoms with Crippen molar-refractivity contribution in [1.82, 2.24) is 15.1 Å². The number of anilines is 1. The average molecular weight is 228 g/mol. The molecule has 2 aromatic rings. The molecule has 0 radical (unpaired) electrons. The first-order valence-electron chi connectivity index (χ1n) is 5.95. The van der Waals surface area contributed by atoms with E-state index >= 15 is 0 Å². The normalized spacial score (nSPS) is 14.4. The summed E-state index contributed by atoms with van der Waals surface area (Å²) in [6, 6.07) is 10.2. The number of fused-ring (bicyclic) bond motifs is 1. The Labute approximate surface area is 101 Å². The SMILES string of the molecule is CNc1c2c(nn1-c1ccccc1)CCNC2. The molecule has 0 aliphatic carbocycles. The van der Waals surface area contributed by atoms with Gasteiger partial charge in [-0.15, -0.1) is 0 Å². The van der Waals surface area contributed by atoms with Crippen molar-refractivity contribution in [3.63, 3.8) is 0 Å². The van der Waals surface area contributed by atoms with Crippen LogP contribution >= 0.6 is 0 Å². The number of aromatic nitrogens is 2. The Balaban J connectivity index is 2.14. The molecule has 0 fully saturated rings. The van der Waals surface area contributed by atoms with Gasteiger partial charge in [-0.3, -0.25) is 0 Å². The topological polar surface area (TPSA) is 41.9 Å². The van der Waals surface area contributed by atoms with E-state index in [1.54, 1.807) is 0 Å². The van der Waals surface area contributed by atoms with Crippen molar-refractivity contribution in [2.45, 2.75) is 13.0 Å². The minimum atomic E-state index is 0.901. The molecular formula is C13H16N4. The molecule has 1 aromatic carbocycles. The van der Waals surface area contributed by atoms with Crippen molar-refractivity contribution in [2.24, 2.45) is 0 Å².